The van der Waals surface area contributed by atoms with E-state index in [-0.39, 0.29) is 23.8 Å². The first-order valence-electron chi connectivity index (χ1n) is 8.47. The first kappa shape index (κ1) is 14.9. The summed E-state index contributed by atoms with van der Waals surface area (Å²) in [4.78, 5) is 20.9. The second-order valence-electron chi connectivity index (χ2n) is 6.59. The molecule has 2 aromatic heterocycles. The summed E-state index contributed by atoms with van der Waals surface area (Å²) in [6.07, 6.45) is 6.82. The molecule has 2 heterocycles. The molecule has 2 aliphatic carbocycles. The van der Waals surface area contributed by atoms with Crippen molar-refractivity contribution in [1.82, 2.24) is 9.88 Å². The van der Waals surface area contributed by atoms with Crippen LogP contribution < -0.4 is 0 Å². The van der Waals surface area contributed by atoms with Crippen molar-refractivity contribution in [2.75, 3.05) is 7.05 Å². The standard InChI is InChI=1S/C18H22N2O2S/c1-3-16-19-13-6-4-7-14(17(13)23-16)20(2)18(21)12-10-11(12)15-8-5-9-22-15/h5,8-9,11-12,14H,3-4,6-7,10H2,1-2H3/t11-,12-,14-/m1/s1. The van der Waals surface area contributed by atoms with Gasteiger partial charge < -0.3 is 9.32 Å². The van der Waals surface area contributed by atoms with Gasteiger partial charge in [0.15, 0.2) is 0 Å². The highest BCUT2D eigenvalue weighted by Gasteiger charge is 2.48. The second-order valence-corrected chi connectivity index (χ2v) is 7.71. The molecule has 1 fully saturated rings. The van der Waals surface area contributed by atoms with Gasteiger partial charge in [0.1, 0.15) is 5.76 Å². The maximum absolute atomic E-state index is 12.9. The van der Waals surface area contributed by atoms with Gasteiger partial charge in [-0.25, -0.2) is 4.98 Å². The molecule has 0 N–H and O–H groups in total. The molecule has 23 heavy (non-hydrogen) atoms. The number of fused-ring (bicyclic) bond motifs is 1. The Morgan fingerprint density at radius 1 is 1.52 bits per heavy atom. The van der Waals surface area contributed by atoms with E-state index in [1.165, 1.54) is 15.6 Å². The van der Waals surface area contributed by atoms with Crippen LogP contribution in [-0.4, -0.2) is 22.8 Å². The normalized spacial score (nSPS) is 25.9. The quantitative estimate of drug-likeness (QED) is 0.853. The van der Waals surface area contributed by atoms with Crippen LogP contribution in [0.1, 0.15) is 59.5 Å². The number of aryl methyl sites for hydroxylation is 2. The SMILES string of the molecule is CCc1nc2c(s1)[C@H](N(C)C(=O)[C@@H]1C[C@H]1c1ccco1)CCC2. The fourth-order valence-electron chi connectivity index (χ4n) is 3.67. The Morgan fingerprint density at radius 2 is 2.39 bits per heavy atom. The van der Waals surface area contributed by atoms with E-state index >= 15 is 0 Å². The largest absolute Gasteiger partial charge is 0.469 e. The third kappa shape index (κ3) is 2.61. The van der Waals surface area contributed by atoms with Crippen molar-refractivity contribution in [1.29, 1.82) is 0 Å². The zero-order valence-electron chi connectivity index (χ0n) is 13.6. The third-order valence-corrected chi connectivity index (χ3v) is 6.44. The van der Waals surface area contributed by atoms with Crippen LogP contribution in [0.5, 0.6) is 0 Å². The number of aromatic nitrogens is 1. The minimum absolute atomic E-state index is 0.0927. The number of amides is 1. The Kier molecular flexibility index (Phi) is 3.76. The van der Waals surface area contributed by atoms with Gasteiger partial charge in [0.25, 0.3) is 0 Å². The number of carbonyl (C=O) groups excluding carboxylic acids is 1. The number of hydrogen-bond donors (Lipinski definition) is 0. The van der Waals surface area contributed by atoms with Gasteiger partial charge in [0, 0.05) is 18.9 Å². The molecule has 0 aromatic carbocycles. The Bertz CT molecular complexity index is 707. The highest BCUT2D eigenvalue weighted by atomic mass is 32.1. The molecular weight excluding hydrogens is 308 g/mol. The monoisotopic (exact) mass is 330 g/mol. The number of nitrogens with zero attached hydrogens (tertiary/aromatic N) is 2. The fraction of sp³-hybridized carbons (Fsp3) is 0.556. The van der Waals surface area contributed by atoms with Crippen molar-refractivity contribution in [2.45, 2.75) is 51.0 Å². The average Bonchev–Trinajstić information content (AvgIpc) is 3.01. The van der Waals surface area contributed by atoms with Crippen LogP contribution in [0.15, 0.2) is 22.8 Å². The molecule has 3 atom stereocenters. The summed E-state index contributed by atoms with van der Waals surface area (Å²) in [6, 6.07) is 4.09. The van der Waals surface area contributed by atoms with E-state index < -0.39 is 0 Å². The van der Waals surface area contributed by atoms with Crippen molar-refractivity contribution in [3.05, 3.63) is 39.7 Å². The van der Waals surface area contributed by atoms with Crippen LogP contribution >= 0.6 is 11.3 Å². The summed E-state index contributed by atoms with van der Waals surface area (Å²) in [5.41, 5.74) is 1.22. The van der Waals surface area contributed by atoms with E-state index in [9.17, 15) is 4.79 Å². The molecule has 122 valence electrons. The van der Waals surface area contributed by atoms with Gasteiger partial charge in [-0.2, -0.15) is 0 Å². The van der Waals surface area contributed by atoms with Gasteiger partial charge in [0.2, 0.25) is 5.91 Å². The van der Waals surface area contributed by atoms with Crippen LogP contribution in [-0.2, 0) is 17.6 Å². The maximum atomic E-state index is 12.9. The molecule has 0 bridgehead atoms. The fourth-order valence-corrected chi connectivity index (χ4v) is 4.90. The molecule has 0 radical (unpaired) electrons. The molecular formula is C18H22N2O2S. The predicted octanol–water partition coefficient (Wildman–Crippen LogP) is 3.94. The van der Waals surface area contributed by atoms with Crippen LogP contribution in [0.25, 0.3) is 0 Å². The molecule has 4 rings (SSSR count). The molecule has 5 heteroatoms. The molecule has 0 spiro atoms. The Balaban J connectivity index is 1.51. The Hall–Kier alpha value is -1.62. The zero-order chi connectivity index (χ0) is 16.0. The first-order valence-corrected chi connectivity index (χ1v) is 9.29. The van der Waals surface area contributed by atoms with Crippen molar-refractivity contribution < 1.29 is 9.21 Å². The number of thiazole rings is 1. The summed E-state index contributed by atoms with van der Waals surface area (Å²) < 4.78 is 5.46. The smallest absolute Gasteiger partial charge is 0.226 e. The minimum atomic E-state index is 0.0927. The lowest BCUT2D eigenvalue weighted by atomic mass is 9.96. The molecule has 1 amide bonds. The Labute approximate surface area is 140 Å². The molecule has 1 saturated carbocycles. The summed E-state index contributed by atoms with van der Waals surface area (Å²) in [5, 5.41) is 1.20. The van der Waals surface area contributed by atoms with E-state index in [1.54, 1.807) is 17.6 Å². The molecule has 4 nitrogen and oxygen atoms in total. The van der Waals surface area contributed by atoms with Crippen LogP contribution in [0.2, 0.25) is 0 Å². The van der Waals surface area contributed by atoms with E-state index in [4.69, 9.17) is 9.40 Å². The predicted molar refractivity (Wildman–Crippen MR) is 89.5 cm³/mol. The maximum Gasteiger partial charge on any atom is 0.226 e. The lowest BCUT2D eigenvalue weighted by Crippen LogP contribution is -2.34. The van der Waals surface area contributed by atoms with E-state index in [0.29, 0.717) is 0 Å². The van der Waals surface area contributed by atoms with E-state index in [1.807, 2.05) is 24.1 Å². The molecule has 2 aliphatic rings. The molecule has 0 saturated heterocycles. The summed E-state index contributed by atoms with van der Waals surface area (Å²) in [5.74, 6) is 1.58. The molecule has 0 aliphatic heterocycles. The summed E-state index contributed by atoms with van der Waals surface area (Å²) in [6.45, 7) is 2.15. The second kappa shape index (κ2) is 5.78. The van der Waals surface area contributed by atoms with Gasteiger partial charge in [-0.05, 0) is 44.2 Å². The zero-order valence-corrected chi connectivity index (χ0v) is 14.4. The average molecular weight is 330 g/mol. The minimum Gasteiger partial charge on any atom is -0.469 e. The first-order chi connectivity index (χ1) is 11.2. The number of furan rings is 1. The molecule has 0 unspecified atom stereocenters. The van der Waals surface area contributed by atoms with Gasteiger partial charge in [-0.3, -0.25) is 4.79 Å². The van der Waals surface area contributed by atoms with Gasteiger partial charge in [0.05, 0.1) is 27.9 Å². The van der Waals surface area contributed by atoms with Gasteiger partial charge >= 0.3 is 0 Å². The Morgan fingerprint density at radius 3 is 3.13 bits per heavy atom. The topological polar surface area (TPSA) is 46.3 Å². The summed E-state index contributed by atoms with van der Waals surface area (Å²) >= 11 is 1.80. The van der Waals surface area contributed by atoms with Gasteiger partial charge in [-0.15, -0.1) is 11.3 Å². The highest BCUT2D eigenvalue weighted by molar-refractivity contribution is 7.11. The number of carbonyl (C=O) groups is 1. The molecule has 2 aromatic rings. The highest BCUT2D eigenvalue weighted by Crippen LogP contribution is 2.50. The van der Waals surface area contributed by atoms with E-state index in [0.717, 1.165) is 37.9 Å². The van der Waals surface area contributed by atoms with Crippen molar-refractivity contribution in [3.63, 3.8) is 0 Å². The van der Waals surface area contributed by atoms with Crippen LogP contribution in [0.3, 0.4) is 0 Å². The summed E-state index contributed by atoms with van der Waals surface area (Å²) in [7, 11) is 1.96. The van der Waals surface area contributed by atoms with Crippen LogP contribution in [0, 0.1) is 5.92 Å². The lowest BCUT2D eigenvalue weighted by molar-refractivity contribution is -0.133. The number of rotatable bonds is 4. The van der Waals surface area contributed by atoms with Crippen molar-refractivity contribution in [2.24, 2.45) is 5.92 Å². The van der Waals surface area contributed by atoms with Crippen molar-refractivity contribution in [3.8, 4) is 0 Å². The van der Waals surface area contributed by atoms with Crippen LogP contribution in [0.4, 0.5) is 0 Å². The number of hydrogen-bond acceptors (Lipinski definition) is 4. The van der Waals surface area contributed by atoms with Crippen molar-refractivity contribution >= 4 is 17.2 Å². The van der Waals surface area contributed by atoms with E-state index in [2.05, 4.69) is 6.92 Å². The lowest BCUT2D eigenvalue weighted by Gasteiger charge is -2.31. The third-order valence-electron chi connectivity index (χ3n) is 5.10. The van der Waals surface area contributed by atoms with Gasteiger partial charge in [-0.1, -0.05) is 6.92 Å².